The van der Waals surface area contributed by atoms with Gasteiger partial charge in [-0.2, -0.15) is 0 Å². The zero-order chi connectivity index (χ0) is 20.7. The molecule has 3 fully saturated rings. The largest absolute Gasteiger partial charge is 0.377 e. The molecule has 176 valence electrons. The number of nitrogens with one attached hydrogen (secondary N) is 1. The van der Waals surface area contributed by atoms with Crippen LogP contribution < -0.4 is 5.32 Å². The van der Waals surface area contributed by atoms with Crippen LogP contribution >= 0.6 is 24.0 Å². The molecular formula is C23H44IN3O3. The molecule has 0 bridgehead atoms. The predicted octanol–water partition coefficient (Wildman–Crippen LogP) is 4.07. The molecule has 0 spiro atoms. The first-order valence-corrected chi connectivity index (χ1v) is 11.9. The summed E-state index contributed by atoms with van der Waals surface area (Å²) in [5.74, 6) is 1.56. The molecule has 3 aliphatic rings. The fourth-order valence-electron chi connectivity index (χ4n) is 4.87. The minimum atomic E-state index is 0. The summed E-state index contributed by atoms with van der Waals surface area (Å²) in [5.41, 5.74) is 0.164. The Hall–Kier alpha value is -0.120. The van der Waals surface area contributed by atoms with E-state index in [4.69, 9.17) is 19.2 Å². The fraction of sp³-hybridized carbons (Fsp3) is 0.957. The molecule has 0 radical (unpaired) electrons. The van der Waals surface area contributed by atoms with E-state index in [1.54, 1.807) is 0 Å². The van der Waals surface area contributed by atoms with Crippen LogP contribution in [0, 0.1) is 11.3 Å². The van der Waals surface area contributed by atoms with Gasteiger partial charge in [-0.15, -0.1) is 24.0 Å². The first-order valence-electron chi connectivity index (χ1n) is 11.9. The Labute approximate surface area is 200 Å². The Morgan fingerprint density at radius 2 is 1.77 bits per heavy atom. The van der Waals surface area contributed by atoms with E-state index in [1.165, 1.54) is 12.8 Å². The van der Waals surface area contributed by atoms with Crippen molar-refractivity contribution in [1.29, 1.82) is 0 Å². The summed E-state index contributed by atoms with van der Waals surface area (Å²) in [5, 5.41) is 3.51. The Bertz CT molecular complexity index is 512. The molecule has 3 rings (SSSR count). The topological polar surface area (TPSA) is 55.3 Å². The molecule has 0 saturated carbocycles. The van der Waals surface area contributed by atoms with Crippen LogP contribution in [0.5, 0.6) is 0 Å². The van der Waals surface area contributed by atoms with E-state index in [0.717, 1.165) is 77.6 Å². The van der Waals surface area contributed by atoms with Crippen molar-refractivity contribution in [3.8, 4) is 0 Å². The number of hydrogen-bond donors (Lipinski definition) is 1. The number of hydrogen-bond acceptors (Lipinski definition) is 4. The minimum Gasteiger partial charge on any atom is -0.377 e. The SMILES string of the molecule is CCNC(=NCC1CCCOC1C(C)(C)C)N1CCC(OCC2CCCO2)CC1.I. The summed E-state index contributed by atoms with van der Waals surface area (Å²) in [6.45, 7) is 15.3. The first-order chi connectivity index (χ1) is 14.0. The van der Waals surface area contributed by atoms with Crippen molar-refractivity contribution in [3.63, 3.8) is 0 Å². The van der Waals surface area contributed by atoms with Crippen molar-refractivity contribution < 1.29 is 14.2 Å². The standard InChI is InChI=1S/C23H43N3O3.HI/c1-5-24-22(25-16-18-8-6-15-28-21(18)23(2,3)4)26-12-10-19(11-13-26)29-17-20-9-7-14-27-20;/h18-21H,5-17H2,1-4H3,(H,24,25);1H. The molecule has 30 heavy (non-hydrogen) atoms. The van der Waals surface area contributed by atoms with Gasteiger partial charge in [-0.3, -0.25) is 4.99 Å². The van der Waals surface area contributed by atoms with E-state index in [-0.39, 0.29) is 29.4 Å². The Kier molecular flexibility index (Phi) is 11.1. The number of rotatable bonds is 6. The Morgan fingerprint density at radius 3 is 2.40 bits per heavy atom. The number of piperidine rings is 1. The highest BCUT2D eigenvalue weighted by Crippen LogP contribution is 2.34. The van der Waals surface area contributed by atoms with Crippen LogP contribution in [-0.4, -0.2) is 75.2 Å². The van der Waals surface area contributed by atoms with E-state index < -0.39 is 0 Å². The highest BCUT2D eigenvalue weighted by molar-refractivity contribution is 14.0. The number of halogens is 1. The number of ether oxygens (including phenoxy) is 3. The molecular weight excluding hydrogens is 493 g/mol. The van der Waals surface area contributed by atoms with Gasteiger partial charge in [0, 0.05) is 45.3 Å². The second-order valence-electron chi connectivity index (χ2n) is 9.91. The van der Waals surface area contributed by atoms with Crippen molar-refractivity contribution in [3.05, 3.63) is 0 Å². The lowest BCUT2D eigenvalue weighted by Crippen LogP contribution is -2.48. The zero-order valence-electron chi connectivity index (χ0n) is 19.5. The number of nitrogens with zero attached hydrogens (tertiary/aromatic N) is 2. The normalized spacial score (nSPS) is 29.0. The van der Waals surface area contributed by atoms with Gasteiger partial charge < -0.3 is 24.4 Å². The van der Waals surface area contributed by atoms with Crippen LogP contribution in [0.15, 0.2) is 4.99 Å². The van der Waals surface area contributed by atoms with E-state index in [9.17, 15) is 0 Å². The molecule has 3 atom stereocenters. The molecule has 3 saturated heterocycles. The summed E-state index contributed by atoms with van der Waals surface area (Å²) in [7, 11) is 0. The van der Waals surface area contributed by atoms with Crippen LogP contribution in [0.1, 0.15) is 66.2 Å². The van der Waals surface area contributed by atoms with Gasteiger partial charge in [-0.05, 0) is 50.9 Å². The average molecular weight is 538 g/mol. The maximum atomic E-state index is 6.15. The van der Waals surface area contributed by atoms with Crippen molar-refractivity contribution in [2.24, 2.45) is 16.3 Å². The maximum absolute atomic E-state index is 6.15. The lowest BCUT2D eigenvalue weighted by molar-refractivity contribution is -0.0824. The molecule has 0 aromatic rings. The summed E-state index contributed by atoms with van der Waals surface area (Å²) in [6, 6.07) is 0. The number of likely N-dealkylation sites (tertiary alicyclic amines) is 1. The van der Waals surface area contributed by atoms with Crippen LogP contribution in [0.4, 0.5) is 0 Å². The third-order valence-electron chi connectivity index (χ3n) is 6.39. The van der Waals surface area contributed by atoms with Gasteiger partial charge in [0.15, 0.2) is 5.96 Å². The smallest absolute Gasteiger partial charge is 0.193 e. The van der Waals surface area contributed by atoms with Crippen LogP contribution in [-0.2, 0) is 14.2 Å². The summed E-state index contributed by atoms with van der Waals surface area (Å²) in [4.78, 5) is 7.46. The van der Waals surface area contributed by atoms with Crippen molar-refractivity contribution in [2.75, 3.05) is 46.0 Å². The fourth-order valence-corrected chi connectivity index (χ4v) is 4.87. The maximum Gasteiger partial charge on any atom is 0.193 e. The molecule has 0 aliphatic carbocycles. The van der Waals surface area contributed by atoms with Crippen molar-refractivity contribution in [2.45, 2.75) is 84.5 Å². The summed E-state index contributed by atoms with van der Waals surface area (Å²) in [6.07, 6.45) is 7.78. The number of guanidine groups is 1. The third kappa shape index (κ3) is 7.78. The predicted molar refractivity (Wildman–Crippen MR) is 133 cm³/mol. The van der Waals surface area contributed by atoms with E-state index in [2.05, 4.69) is 37.9 Å². The second-order valence-corrected chi connectivity index (χ2v) is 9.91. The molecule has 3 aliphatic heterocycles. The highest BCUT2D eigenvalue weighted by atomic mass is 127. The van der Waals surface area contributed by atoms with Crippen LogP contribution in [0.25, 0.3) is 0 Å². The zero-order valence-corrected chi connectivity index (χ0v) is 21.9. The molecule has 7 heteroatoms. The van der Waals surface area contributed by atoms with Gasteiger partial charge >= 0.3 is 0 Å². The molecule has 3 heterocycles. The summed E-state index contributed by atoms with van der Waals surface area (Å²) >= 11 is 0. The van der Waals surface area contributed by atoms with Crippen molar-refractivity contribution in [1.82, 2.24) is 10.2 Å². The van der Waals surface area contributed by atoms with E-state index in [0.29, 0.717) is 24.2 Å². The first kappa shape index (κ1) is 26.1. The molecule has 0 aromatic heterocycles. The monoisotopic (exact) mass is 537 g/mol. The van der Waals surface area contributed by atoms with Gasteiger partial charge in [0.1, 0.15) is 0 Å². The van der Waals surface area contributed by atoms with Crippen molar-refractivity contribution >= 4 is 29.9 Å². The third-order valence-corrected chi connectivity index (χ3v) is 6.39. The molecule has 0 amide bonds. The summed E-state index contributed by atoms with van der Waals surface area (Å²) < 4.78 is 18.0. The van der Waals surface area contributed by atoms with Gasteiger partial charge in [-0.25, -0.2) is 0 Å². The minimum absolute atomic E-state index is 0. The molecule has 3 unspecified atom stereocenters. The molecule has 6 nitrogen and oxygen atoms in total. The van der Waals surface area contributed by atoms with Crippen LogP contribution in [0.2, 0.25) is 0 Å². The van der Waals surface area contributed by atoms with E-state index in [1.807, 2.05) is 0 Å². The highest BCUT2D eigenvalue weighted by Gasteiger charge is 2.35. The quantitative estimate of drug-likeness (QED) is 0.315. The average Bonchev–Trinajstić information content (AvgIpc) is 3.23. The molecule has 1 N–H and O–H groups in total. The number of aliphatic imine (C=N–C) groups is 1. The lowest BCUT2D eigenvalue weighted by Gasteiger charge is -2.40. The van der Waals surface area contributed by atoms with E-state index >= 15 is 0 Å². The van der Waals surface area contributed by atoms with Gasteiger partial charge in [0.05, 0.1) is 24.9 Å². The van der Waals surface area contributed by atoms with Crippen LogP contribution in [0.3, 0.4) is 0 Å². The molecule has 0 aromatic carbocycles. The van der Waals surface area contributed by atoms with Gasteiger partial charge in [0.2, 0.25) is 0 Å². The van der Waals surface area contributed by atoms with Gasteiger partial charge in [0.25, 0.3) is 0 Å². The Balaban J connectivity index is 0.00000320. The second kappa shape index (κ2) is 12.8. The van der Waals surface area contributed by atoms with Gasteiger partial charge in [-0.1, -0.05) is 20.8 Å². The Morgan fingerprint density at radius 1 is 1.07 bits per heavy atom. The lowest BCUT2D eigenvalue weighted by atomic mass is 9.78.